The fourth-order valence-corrected chi connectivity index (χ4v) is 2.74. The molecule has 1 saturated heterocycles. The largest absolute Gasteiger partial charge is 0.397 e. The molecule has 2 heterocycles. The number of hydrogen-bond acceptors (Lipinski definition) is 4. The number of pyridine rings is 1. The van der Waals surface area contributed by atoms with E-state index >= 15 is 0 Å². The molecule has 0 saturated carbocycles. The van der Waals surface area contributed by atoms with Crippen molar-refractivity contribution in [3.8, 4) is 0 Å². The van der Waals surface area contributed by atoms with Gasteiger partial charge in [-0.25, -0.2) is 4.98 Å². The second kappa shape index (κ2) is 5.64. The van der Waals surface area contributed by atoms with E-state index in [0.717, 1.165) is 43.2 Å². The Morgan fingerprint density at radius 3 is 2.38 bits per heavy atom. The number of benzene rings is 1. The molecule has 3 rings (SSSR count). The first-order valence-corrected chi connectivity index (χ1v) is 7.42. The van der Waals surface area contributed by atoms with E-state index in [-0.39, 0.29) is 0 Å². The Balaban J connectivity index is 1.68. The molecule has 0 bridgehead atoms. The van der Waals surface area contributed by atoms with Gasteiger partial charge in [-0.15, -0.1) is 0 Å². The molecule has 0 radical (unpaired) electrons. The lowest BCUT2D eigenvalue weighted by Gasteiger charge is -2.37. The fraction of sp³-hybridized carbons (Fsp3) is 0.353. The summed E-state index contributed by atoms with van der Waals surface area (Å²) < 4.78 is 0. The third-order valence-electron chi connectivity index (χ3n) is 4.11. The van der Waals surface area contributed by atoms with Crippen molar-refractivity contribution in [1.82, 2.24) is 4.98 Å². The van der Waals surface area contributed by atoms with Gasteiger partial charge in [0.15, 0.2) is 0 Å². The predicted octanol–water partition coefficient (Wildman–Crippen LogP) is 2.61. The summed E-state index contributed by atoms with van der Waals surface area (Å²) in [5.74, 6) is 1.03. The summed E-state index contributed by atoms with van der Waals surface area (Å²) in [6.45, 7) is 8.20. The van der Waals surface area contributed by atoms with Gasteiger partial charge in [0.1, 0.15) is 5.82 Å². The first-order chi connectivity index (χ1) is 10.1. The highest BCUT2D eigenvalue weighted by Gasteiger charge is 2.18. The second-order valence-electron chi connectivity index (χ2n) is 5.71. The zero-order valence-corrected chi connectivity index (χ0v) is 12.7. The van der Waals surface area contributed by atoms with Crippen LogP contribution in [0, 0.1) is 13.8 Å². The van der Waals surface area contributed by atoms with Crippen molar-refractivity contribution >= 4 is 17.2 Å². The van der Waals surface area contributed by atoms with Gasteiger partial charge in [-0.3, -0.25) is 0 Å². The van der Waals surface area contributed by atoms with Gasteiger partial charge in [0, 0.05) is 31.9 Å². The summed E-state index contributed by atoms with van der Waals surface area (Å²) in [4.78, 5) is 9.23. The van der Waals surface area contributed by atoms with E-state index in [4.69, 9.17) is 5.73 Å². The number of rotatable bonds is 2. The lowest BCUT2D eigenvalue weighted by molar-refractivity contribution is 0.647. The van der Waals surface area contributed by atoms with Crippen molar-refractivity contribution in [3.63, 3.8) is 0 Å². The van der Waals surface area contributed by atoms with Crippen LogP contribution in [0.25, 0.3) is 0 Å². The molecular weight excluding hydrogens is 260 g/mol. The molecule has 110 valence electrons. The summed E-state index contributed by atoms with van der Waals surface area (Å²) in [6.07, 6.45) is 1.76. The summed E-state index contributed by atoms with van der Waals surface area (Å²) in [7, 11) is 0. The number of hydrogen-bond donors (Lipinski definition) is 1. The van der Waals surface area contributed by atoms with E-state index in [1.807, 2.05) is 6.92 Å². The van der Waals surface area contributed by atoms with Crippen LogP contribution < -0.4 is 15.5 Å². The average molecular weight is 282 g/mol. The van der Waals surface area contributed by atoms with Gasteiger partial charge in [0.05, 0.1) is 11.9 Å². The highest BCUT2D eigenvalue weighted by atomic mass is 15.3. The minimum Gasteiger partial charge on any atom is -0.397 e. The van der Waals surface area contributed by atoms with Gasteiger partial charge < -0.3 is 15.5 Å². The number of aryl methyl sites for hydroxylation is 2. The number of anilines is 3. The van der Waals surface area contributed by atoms with Gasteiger partial charge in [-0.1, -0.05) is 12.1 Å². The van der Waals surface area contributed by atoms with Crippen LogP contribution in [0.3, 0.4) is 0 Å². The predicted molar refractivity (Wildman–Crippen MR) is 89.0 cm³/mol. The number of aromatic nitrogens is 1. The van der Waals surface area contributed by atoms with Crippen LogP contribution in [0.2, 0.25) is 0 Å². The molecule has 1 aliphatic heterocycles. The lowest BCUT2D eigenvalue weighted by Crippen LogP contribution is -2.46. The zero-order chi connectivity index (χ0) is 14.8. The monoisotopic (exact) mass is 282 g/mol. The normalized spacial score (nSPS) is 15.3. The van der Waals surface area contributed by atoms with E-state index in [1.54, 1.807) is 6.20 Å². The molecule has 0 aliphatic carbocycles. The molecule has 0 spiro atoms. The summed E-state index contributed by atoms with van der Waals surface area (Å²) >= 11 is 0. The van der Waals surface area contributed by atoms with Gasteiger partial charge in [0.2, 0.25) is 0 Å². The Kier molecular flexibility index (Phi) is 3.69. The highest BCUT2D eigenvalue weighted by Crippen LogP contribution is 2.22. The maximum absolute atomic E-state index is 5.84. The Morgan fingerprint density at radius 1 is 1.00 bits per heavy atom. The van der Waals surface area contributed by atoms with Gasteiger partial charge in [0.25, 0.3) is 0 Å². The SMILES string of the molecule is Cc1cccc(N2CCN(c3cc(C)c(N)cn3)CC2)c1. The van der Waals surface area contributed by atoms with Gasteiger partial charge >= 0.3 is 0 Å². The molecule has 21 heavy (non-hydrogen) atoms. The number of nitrogens with zero attached hydrogens (tertiary/aromatic N) is 3. The molecule has 1 aromatic carbocycles. The molecule has 1 aliphatic rings. The van der Waals surface area contributed by atoms with E-state index in [2.05, 4.69) is 52.0 Å². The Morgan fingerprint density at radius 2 is 1.71 bits per heavy atom. The third-order valence-corrected chi connectivity index (χ3v) is 4.11. The maximum Gasteiger partial charge on any atom is 0.129 e. The minimum atomic E-state index is 0.761. The van der Waals surface area contributed by atoms with Crippen molar-refractivity contribution in [1.29, 1.82) is 0 Å². The molecule has 0 atom stereocenters. The molecule has 2 N–H and O–H groups in total. The number of nitrogen functional groups attached to an aromatic ring is 1. The molecule has 0 amide bonds. The standard InChI is InChI=1S/C17H22N4/c1-13-4-3-5-15(10-13)20-6-8-21(9-7-20)17-11-14(2)16(18)12-19-17/h3-5,10-12H,6-9,18H2,1-2H3. The summed E-state index contributed by atoms with van der Waals surface area (Å²) in [6, 6.07) is 10.8. The molecule has 1 fully saturated rings. The average Bonchev–Trinajstić information content (AvgIpc) is 2.50. The molecule has 2 aromatic rings. The summed E-state index contributed by atoms with van der Waals surface area (Å²) in [5, 5.41) is 0. The van der Waals surface area contributed by atoms with Crippen LogP contribution in [-0.2, 0) is 0 Å². The van der Waals surface area contributed by atoms with Crippen molar-refractivity contribution in [2.75, 3.05) is 41.7 Å². The maximum atomic E-state index is 5.84. The topological polar surface area (TPSA) is 45.4 Å². The van der Waals surface area contributed by atoms with Crippen LogP contribution in [0.5, 0.6) is 0 Å². The quantitative estimate of drug-likeness (QED) is 0.919. The molecular formula is C17H22N4. The van der Waals surface area contributed by atoms with E-state index in [0.29, 0.717) is 0 Å². The van der Waals surface area contributed by atoms with E-state index < -0.39 is 0 Å². The van der Waals surface area contributed by atoms with Crippen LogP contribution in [-0.4, -0.2) is 31.2 Å². The van der Waals surface area contributed by atoms with E-state index in [1.165, 1.54) is 11.3 Å². The Labute approximate surface area is 126 Å². The number of piperazine rings is 1. The Bertz CT molecular complexity index is 630. The first kappa shape index (κ1) is 13.7. The Hall–Kier alpha value is -2.23. The van der Waals surface area contributed by atoms with Crippen molar-refractivity contribution in [3.05, 3.63) is 47.7 Å². The molecule has 0 unspecified atom stereocenters. The van der Waals surface area contributed by atoms with Crippen LogP contribution in [0.1, 0.15) is 11.1 Å². The highest BCUT2D eigenvalue weighted by molar-refractivity contribution is 5.54. The van der Waals surface area contributed by atoms with Crippen molar-refractivity contribution in [2.24, 2.45) is 0 Å². The van der Waals surface area contributed by atoms with Crippen molar-refractivity contribution in [2.45, 2.75) is 13.8 Å². The van der Waals surface area contributed by atoms with Crippen molar-refractivity contribution < 1.29 is 0 Å². The first-order valence-electron chi connectivity index (χ1n) is 7.42. The smallest absolute Gasteiger partial charge is 0.129 e. The van der Waals surface area contributed by atoms with Crippen LogP contribution in [0.15, 0.2) is 36.5 Å². The van der Waals surface area contributed by atoms with E-state index in [9.17, 15) is 0 Å². The van der Waals surface area contributed by atoms with Crippen LogP contribution in [0.4, 0.5) is 17.2 Å². The minimum absolute atomic E-state index is 0.761. The molecule has 4 nitrogen and oxygen atoms in total. The molecule has 4 heteroatoms. The lowest BCUT2D eigenvalue weighted by atomic mass is 10.2. The molecule has 1 aromatic heterocycles. The third kappa shape index (κ3) is 2.94. The summed E-state index contributed by atoms with van der Waals surface area (Å²) in [5.41, 5.74) is 10.3. The van der Waals surface area contributed by atoms with Gasteiger partial charge in [-0.2, -0.15) is 0 Å². The zero-order valence-electron chi connectivity index (χ0n) is 12.7. The van der Waals surface area contributed by atoms with Crippen LogP contribution >= 0.6 is 0 Å². The van der Waals surface area contributed by atoms with Gasteiger partial charge in [-0.05, 0) is 43.2 Å². The second-order valence-corrected chi connectivity index (χ2v) is 5.71. The number of nitrogens with two attached hydrogens (primary N) is 1. The fourth-order valence-electron chi connectivity index (χ4n) is 2.74.